The zero-order valence-corrected chi connectivity index (χ0v) is 10.2. The molecule has 1 rings (SSSR count). The van der Waals surface area contributed by atoms with Crippen LogP contribution in [0.1, 0.15) is 32.6 Å². The second-order valence-corrected chi connectivity index (χ2v) is 4.69. The molecule has 1 aliphatic carbocycles. The molecule has 0 aromatic carbocycles. The Bertz CT molecular complexity index is 237. The predicted octanol–water partition coefficient (Wildman–Crippen LogP) is 2.24. The Morgan fingerprint density at radius 3 is 2.29 bits per heavy atom. The van der Waals surface area contributed by atoms with Crippen molar-refractivity contribution >= 4 is 0 Å². The summed E-state index contributed by atoms with van der Waals surface area (Å²) < 4.78 is 49.2. The molecule has 0 radical (unpaired) electrons. The third-order valence-electron chi connectivity index (χ3n) is 3.35. The first-order valence-electron chi connectivity index (χ1n) is 5.80. The van der Waals surface area contributed by atoms with E-state index in [1.54, 1.807) is 6.92 Å². The van der Waals surface area contributed by atoms with Crippen LogP contribution in [0.5, 0.6) is 0 Å². The molecule has 1 saturated carbocycles. The van der Waals surface area contributed by atoms with Gasteiger partial charge in [-0.25, -0.2) is 0 Å². The lowest BCUT2D eigenvalue weighted by atomic mass is 9.81. The van der Waals surface area contributed by atoms with Crippen LogP contribution < -0.4 is 5.73 Å². The Kier molecular flexibility index (Phi) is 4.80. The fourth-order valence-corrected chi connectivity index (χ4v) is 1.96. The van der Waals surface area contributed by atoms with Crippen molar-refractivity contribution in [3.8, 4) is 0 Å². The average Bonchev–Trinajstić information content (AvgIpc) is 2.26. The first kappa shape index (κ1) is 14.7. The third kappa shape index (κ3) is 3.56. The minimum absolute atomic E-state index is 0.0503. The van der Waals surface area contributed by atoms with Gasteiger partial charge in [0.1, 0.15) is 0 Å². The molecule has 0 amide bonds. The summed E-state index contributed by atoms with van der Waals surface area (Å²) in [5, 5.41) is 0. The van der Waals surface area contributed by atoms with E-state index in [4.69, 9.17) is 15.2 Å². The number of alkyl halides is 3. The minimum Gasteiger partial charge on any atom is -0.379 e. The maximum atomic E-state index is 13.1. The molecule has 1 aliphatic rings. The van der Waals surface area contributed by atoms with E-state index in [1.165, 1.54) is 7.11 Å². The number of halogens is 3. The van der Waals surface area contributed by atoms with E-state index < -0.39 is 11.8 Å². The van der Waals surface area contributed by atoms with Crippen LogP contribution in [0.25, 0.3) is 0 Å². The summed E-state index contributed by atoms with van der Waals surface area (Å²) in [4.78, 5) is 0. The molecular formula is C11H20F3NO2. The van der Waals surface area contributed by atoms with Crippen molar-refractivity contribution in [1.29, 1.82) is 0 Å². The number of nitrogens with two attached hydrogens (primary N) is 1. The molecule has 0 spiro atoms. The minimum atomic E-state index is -4.35. The number of methoxy groups -OCH3 is 1. The monoisotopic (exact) mass is 255 g/mol. The maximum Gasteiger partial charge on any atom is 0.417 e. The average molecular weight is 255 g/mol. The van der Waals surface area contributed by atoms with E-state index >= 15 is 0 Å². The predicted molar refractivity (Wildman–Crippen MR) is 57.7 cm³/mol. The molecule has 0 aromatic heterocycles. The normalized spacial score (nSPS) is 32.5. The van der Waals surface area contributed by atoms with E-state index in [9.17, 15) is 13.2 Å². The van der Waals surface area contributed by atoms with Crippen LogP contribution in [-0.4, -0.2) is 37.6 Å². The molecular weight excluding hydrogens is 235 g/mol. The van der Waals surface area contributed by atoms with Gasteiger partial charge in [-0.05, 0) is 32.6 Å². The van der Waals surface area contributed by atoms with Crippen LogP contribution in [0.2, 0.25) is 0 Å². The first-order chi connectivity index (χ1) is 7.81. The highest BCUT2D eigenvalue weighted by atomic mass is 19.4. The van der Waals surface area contributed by atoms with Crippen LogP contribution in [0, 0.1) is 0 Å². The van der Waals surface area contributed by atoms with Crippen molar-refractivity contribution in [2.75, 3.05) is 13.7 Å². The first-order valence-corrected chi connectivity index (χ1v) is 5.80. The van der Waals surface area contributed by atoms with E-state index in [-0.39, 0.29) is 31.6 Å². The lowest BCUT2D eigenvalue weighted by Crippen LogP contribution is -2.52. The molecule has 0 bridgehead atoms. The van der Waals surface area contributed by atoms with Crippen LogP contribution >= 0.6 is 0 Å². The smallest absolute Gasteiger partial charge is 0.379 e. The van der Waals surface area contributed by atoms with Gasteiger partial charge in [-0.1, -0.05) is 0 Å². The highest BCUT2D eigenvalue weighted by molar-refractivity contribution is 4.94. The van der Waals surface area contributed by atoms with Crippen molar-refractivity contribution in [1.82, 2.24) is 0 Å². The van der Waals surface area contributed by atoms with Gasteiger partial charge in [0.05, 0.1) is 12.7 Å². The summed E-state index contributed by atoms with van der Waals surface area (Å²) in [7, 11) is 1.45. The molecule has 1 fully saturated rings. The maximum absolute atomic E-state index is 13.1. The molecule has 102 valence electrons. The van der Waals surface area contributed by atoms with E-state index in [2.05, 4.69) is 0 Å². The SMILES string of the molecule is COC(C)COC1(C(F)(F)F)CCC(N)CC1. The van der Waals surface area contributed by atoms with Gasteiger partial charge in [0.15, 0.2) is 5.60 Å². The topological polar surface area (TPSA) is 44.5 Å². The quantitative estimate of drug-likeness (QED) is 0.838. The fraction of sp³-hybridized carbons (Fsp3) is 1.00. The molecule has 1 unspecified atom stereocenters. The van der Waals surface area contributed by atoms with Gasteiger partial charge in [-0.3, -0.25) is 0 Å². The summed E-state index contributed by atoms with van der Waals surface area (Å²) in [6.45, 7) is 1.63. The lowest BCUT2D eigenvalue weighted by Gasteiger charge is -2.40. The van der Waals surface area contributed by atoms with Gasteiger partial charge in [-0.2, -0.15) is 13.2 Å². The van der Waals surface area contributed by atoms with Crippen molar-refractivity contribution in [3.63, 3.8) is 0 Å². The molecule has 0 aliphatic heterocycles. The summed E-state index contributed by atoms with van der Waals surface area (Å²) in [6.07, 6.45) is -4.12. The van der Waals surface area contributed by atoms with Crippen molar-refractivity contribution in [3.05, 3.63) is 0 Å². The Hall–Kier alpha value is -0.330. The van der Waals surface area contributed by atoms with Crippen molar-refractivity contribution in [2.45, 2.75) is 56.5 Å². The van der Waals surface area contributed by atoms with Crippen molar-refractivity contribution in [2.24, 2.45) is 5.73 Å². The van der Waals surface area contributed by atoms with Crippen LogP contribution in [0.15, 0.2) is 0 Å². The second-order valence-electron chi connectivity index (χ2n) is 4.69. The summed E-state index contributed by atoms with van der Waals surface area (Å²) >= 11 is 0. The fourth-order valence-electron chi connectivity index (χ4n) is 1.96. The molecule has 0 aromatic rings. The van der Waals surface area contributed by atoms with E-state index in [0.29, 0.717) is 12.8 Å². The van der Waals surface area contributed by atoms with E-state index in [0.717, 1.165) is 0 Å². The standard InChI is InChI=1S/C11H20F3NO2/c1-8(16-2)7-17-10(11(12,13)14)5-3-9(15)4-6-10/h8-9H,3-7,15H2,1-2H3. The summed E-state index contributed by atoms with van der Waals surface area (Å²) in [5.74, 6) is 0. The van der Waals surface area contributed by atoms with Crippen LogP contribution in [0.3, 0.4) is 0 Å². The molecule has 0 heterocycles. The van der Waals surface area contributed by atoms with Gasteiger partial charge in [0.25, 0.3) is 0 Å². The summed E-state index contributed by atoms with van der Waals surface area (Å²) in [6, 6.07) is -0.145. The van der Waals surface area contributed by atoms with Crippen LogP contribution in [-0.2, 0) is 9.47 Å². The molecule has 0 saturated heterocycles. The highest BCUT2D eigenvalue weighted by Crippen LogP contribution is 2.44. The Labute approximate surface area is 99.4 Å². The van der Waals surface area contributed by atoms with Crippen LogP contribution in [0.4, 0.5) is 13.2 Å². The molecule has 2 N–H and O–H groups in total. The van der Waals surface area contributed by atoms with Gasteiger partial charge in [0, 0.05) is 13.2 Å². The zero-order chi connectivity index (χ0) is 13.1. The molecule has 6 heteroatoms. The number of hydrogen-bond acceptors (Lipinski definition) is 3. The van der Waals surface area contributed by atoms with Gasteiger partial charge in [0.2, 0.25) is 0 Å². The number of hydrogen-bond donors (Lipinski definition) is 1. The van der Waals surface area contributed by atoms with Crippen molar-refractivity contribution < 1.29 is 22.6 Å². The van der Waals surface area contributed by atoms with Gasteiger partial charge >= 0.3 is 6.18 Å². The third-order valence-corrected chi connectivity index (χ3v) is 3.35. The summed E-state index contributed by atoms with van der Waals surface area (Å²) in [5.41, 5.74) is 3.60. The Morgan fingerprint density at radius 2 is 1.88 bits per heavy atom. The van der Waals surface area contributed by atoms with E-state index in [1.807, 2.05) is 0 Å². The number of rotatable bonds is 4. The zero-order valence-electron chi connectivity index (χ0n) is 10.2. The second kappa shape index (κ2) is 5.54. The Balaban J connectivity index is 2.67. The molecule has 3 nitrogen and oxygen atoms in total. The van der Waals surface area contributed by atoms with Gasteiger partial charge in [-0.15, -0.1) is 0 Å². The molecule has 17 heavy (non-hydrogen) atoms. The largest absolute Gasteiger partial charge is 0.417 e. The Morgan fingerprint density at radius 1 is 1.35 bits per heavy atom. The number of ether oxygens (including phenoxy) is 2. The lowest BCUT2D eigenvalue weighted by molar-refractivity contribution is -0.293. The molecule has 1 atom stereocenters. The highest BCUT2D eigenvalue weighted by Gasteiger charge is 2.56. The van der Waals surface area contributed by atoms with Gasteiger partial charge < -0.3 is 15.2 Å².